The molecule has 1 aliphatic rings. The number of hydrogen-bond acceptors (Lipinski definition) is 8. The van der Waals surface area contributed by atoms with Crippen LogP contribution < -0.4 is 15.0 Å². The summed E-state index contributed by atoms with van der Waals surface area (Å²) in [7, 11) is -6.88. The molecule has 46 heavy (non-hydrogen) atoms. The minimum atomic E-state index is -4.53. The highest BCUT2D eigenvalue weighted by Crippen LogP contribution is 2.39. The monoisotopic (exact) mass is 656 g/mol. The van der Waals surface area contributed by atoms with Gasteiger partial charge >= 0.3 is 0 Å². The summed E-state index contributed by atoms with van der Waals surface area (Å²) in [6.45, 7) is 0. The van der Waals surface area contributed by atoms with Gasteiger partial charge in [0.2, 0.25) is 0 Å². The lowest BCUT2D eigenvalue weighted by atomic mass is 9.90. The standard InChI is InChI=1S/C33H28N4O7S2/c1-37-30-18-16-25(46(42,43)44)19-28(30)29(20-31(37)22-8-3-2-4-9-22)35-36-45(40,41)24-14-12-23(13-15-24)34-33(39)27-17-11-21-7-5-6-10-26(21)32(27)38/h2-19,31,36,38H,20H2,1H3,(H,34,39)(H,42,43,44). The minimum Gasteiger partial charge on any atom is -0.506 e. The van der Waals surface area contributed by atoms with Crippen molar-refractivity contribution in [2.24, 2.45) is 5.10 Å². The number of carbonyl (C=O) groups is 1. The first-order valence-electron chi connectivity index (χ1n) is 14.0. The quantitative estimate of drug-likeness (QED) is 0.135. The van der Waals surface area contributed by atoms with Crippen LogP contribution in [0.15, 0.2) is 124 Å². The molecule has 1 amide bonds. The first-order chi connectivity index (χ1) is 21.9. The van der Waals surface area contributed by atoms with Gasteiger partial charge in [0.15, 0.2) is 0 Å². The summed E-state index contributed by atoms with van der Waals surface area (Å²) in [6.07, 6.45) is 0.234. The molecule has 13 heteroatoms. The van der Waals surface area contributed by atoms with Crippen molar-refractivity contribution in [1.82, 2.24) is 4.83 Å². The molecule has 1 atom stereocenters. The molecule has 4 N–H and O–H groups in total. The van der Waals surface area contributed by atoms with Crippen molar-refractivity contribution in [3.05, 3.63) is 126 Å². The first-order valence-corrected chi connectivity index (χ1v) is 16.9. The number of nitrogens with one attached hydrogen (secondary N) is 2. The zero-order valence-electron chi connectivity index (χ0n) is 24.3. The van der Waals surface area contributed by atoms with Gasteiger partial charge in [-0.3, -0.25) is 9.35 Å². The van der Waals surface area contributed by atoms with Crippen LogP contribution >= 0.6 is 0 Å². The highest BCUT2D eigenvalue weighted by molar-refractivity contribution is 7.89. The van der Waals surface area contributed by atoms with Crippen LogP contribution in [0.5, 0.6) is 5.75 Å². The Morgan fingerprint density at radius 1 is 0.848 bits per heavy atom. The Kier molecular flexibility index (Phi) is 7.98. The third-order valence-corrected chi connectivity index (χ3v) is 9.94. The maximum absolute atomic E-state index is 13.3. The largest absolute Gasteiger partial charge is 0.506 e. The predicted octanol–water partition coefficient (Wildman–Crippen LogP) is 5.31. The fourth-order valence-electron chi connectivity index (χ4n) is 5.46. The van der Waals surface area contributed by atoms with E-state index in [1.54, 1.807) is 24.3 Å². The summed E-state index contributed by atoms with van der Waals surface area (Å²) in [5.41, 5.74) is 2.54. The second kappa shape index (κ2) is 11.9. The second-order valence-electron chi connectivity index (χ2n) is 10.7. The maximum Gasteiger partial charge on any atom is 0.294 e. The van der Waals surface area contributed by atoms with E-state index in [4.69, 9.17) is 0 Å². The van der Waals surface area contributed by atoms with E-state index in [-0.39, 0.29) is 39.3 Å². The van der Waals surface area contributed by atoms with Crippen LogP contribution in [-0.4, -0.2) is 45.2 Å². The number of aromatic hydroxyl groups is 1. The molecule has 1 heterocycles. The molecule has 0 aliphatic carbocycles. The van der Waals surface area contributed by atoms with Gasteiger partial charge in [-0.05, 0) is 59.5 Å². The molecule has 0 fully saturated rings. The normalized spacial score (nSPS) is 15.8. The molecule has 0 saturated heterocycles. The number of benzene rings is 5. The third-order valence-electron chi connectivity index (χ3n) is 7.86. The fourth-order valence-corrected chi connectivity index (χ4v) is 6.79. The van der Waals surface area contributed by atoms with Crippen molar-refractivity contribution in [1.29, 1.82) is 0 Å². The van der Waals surface area contributed by atoms with Gasteiger partial charge in [0.25, 0.3) is 26.0 Å². The summed E-state index contributed by atoms with van der Waals surface area (Å²) in [6, 6.07) is 29.1. The van der Waals surface area contributed by atoms with Gasteiger partial charge in [-0.2, -0.15) is 26.8 Å². The Hall–Kier alpha value is -5.24. The average molecular weight is 657 g/mol. The molecule has 5 aromatic carbocycles. The Balaban J connectivity index is 1.25. The molecule has 11 nitrogen and oxygen atoms in total. The SMILES string of the molecule is CN1c2ccc(S(=O)(=O)O)cc2C(=NNS(=O)(=O)c2ccc(NC(=O)c3ccc4ccccc4c3O)cc2)CC1c1ccccc1. The molecule has 5 aromatic rings. The van der Waals surface area contributed by atoms with Crippen LogP contribution in [0.2, 0.25) is 0 Å². The summed E-state index contributed by atoms with van der Waals surface area (Å²) in [5.74, 6) is -0.728. The van der Waals surface area contributed by atoms with Gasteiger partial charge in [0.05, 0.1) is 27.1 Å². The molecule has 6 rings (SSSR count). The summed E-state index contributed by atoms with van der Waals surface area (Å²) in [4.78, 5) is 16.6. The summed E-state index contributed by atoms with van der Waals surface area (Å²) < 4.78 is 60.0. The molecule has 1 unspecified atom stereocenters. The van der Waals surface area contributed by atoms with E-state index in [1.807, 2.05) is 54.4 Å². The lowest BCUT2D eigenvalue weighted by molar-refractivity contribution is 0.102. The molecule has 0 bridgehead atoms. The molecular formula is C33H28N4O7S2. The minimum absolute atomic E-state index is 0.0669. The molecule has 0 saturated carbocycles. The van der Waals surface area contributed by atoms with Crippen molar-refractivity contribution in [3.63, 3.8) is 0 Å². The number of rotatable bonds is 7. The number of nitrogens with zero attached hydrogens (tertiary/aromatic N) is 2. The van der Waals surface area contributed by atoms with E-state index in [9.17, 15) is 31.3 Å². The lowest BCUT2D eigenvalue weighted by Gasteiger charge is -2.37. The summed E-state index contributed by atoms with van der Waals surface area (Å²) in [5, 5.41) is 18.8. The van der Waals surface area contributed by atoms with Gasteiger partial charge in [-0.25, -0.2) is 0 Å². The Bertz CT molecular complexity index is 2220. The zero-order chi connectivity index (χ0) is 32.6. The molecule has 0 aromatic heterocycles. The summed E-state index contributed by atoms with van der Waals surface area (Å²) >= 11 is 0. The Morgan fingerprint density at radius 2 is 1.52 bits per heavy atom. The number of carbonyl (C=O) groups excluding carboxylic acids is 1. The molecule has 1 aliphatic heterocycles. The topological polar surface area (TPSA) is 165 Å². The maximum atomic E-state index is 13.3. The van der Waals surface area contributed by atoms with E-state index in [0.29, 0.717) is 22.3 Å². The van der Waals surface area contributed by atoms with E-state index >= 15 is 0 Å². The van der Waals surface area contributed by atoms with E-state index in [1.165, 1.54) is 42.5 Å². The van der Waals surface area contributed by atoms with Gasteiger partial charge in [-0.15, -0.1) is 0 Å². The van der Waals surface area contributed by atoms with Crippen molar-refractivity contribution in [2.75, 3.05) is 17.3 Å². The first kappa shape index (κ1) is 30.8. The van der Waals surface area contributed by atoms with Crippen LogP contribution in [0.25, 0.3) is 10.8 Å². The van der Waals surface area contributed by atoms with Gasteiger partial charge < -0.3 is 15.3 Å². The number of amides is 1. The number of anilines is 2. The van der Waals surface area contributed by atoms with Crippen LogP contribution in [0, 0.1) is 0 Å². The van der Waals surface area contributed by atoms with Gasteiger partial charge in [-0.1, -0.05) is 60.7 Å². The Morgan fingerprint density at radius 3 is 2.24 bits per heavy atom. The average Bonchev–Trinajstić information content (AvgIpc) is 3.05. The fraction of sp³-hybridized carbons (Fsp3) is 0.0909. The van der Waals surface area contributed by atoms with Crippen molar-refractivity contribution < 1.29 is 31.3 Å². The van der Waals surface area contributed by atoms with Crippen LogP contribution in [0.3, 0.4) is 0 Å². The third kappa shape index (κ3) is 6.03. The highest BCUT2D eigenvalue weighted by atomic mass is 32.2. The molecule has 0 spiro atoms. The number of sulfonamides is 1. The number of hydrazone groups is 1. The van der Waals surface area contributed by atoms with Crippen LogP contribution in [0.4, 0.5) is 11.4 Å². The zero-order valence-corrected chi connectivity index (χ0v) is 26.0. The van der Waals surface area contributed by atoms with Gasteiger partial charge in [0.1, 0.15) is 5.75 Å². The van der Waals surface area contributed by atoms with E-state index in [2.05, 4.69) is 15.2 Å². The highest BCUT2D eigenvalue weighted by Gasteiger charge is 2.31. The van der Waals surface area contributed by atoms with Crippen LogP contribution in [-0.2, 0) is 20.1 Å². The predicted molar refractivity (Wildman–Crippen MR) is 175 cm³/mol. The van der Waals surface area contributed by atoms with Crippen LogP contribution in [0.1, 0.15) is 33.9 Å². The number of phenols is 1. The van der Waals surface area contributed by atoms with E-state index in [0.717, 1.165) is 10.9 Å². The van der Waals surface area contributed by atoms with E-state index < -0.39 is 26.0 Å². The van der Waals surface area contributed by atoms with Crippen molar-refractivity contribution >= 4 is 53.9 Å². The Labute approximate surface area is 265 Å². The smallest absolute Gasteiger partial charge is 0.294 e. The molecule has 0 radical (unpaired) electrons. The van der Waals surface area contributed by atoms with Crippen molar-refractivity contribution in [3.8, 4) is 5.75 Å². The van der Waals surface area contributed by atoms with Gasteiger partial charge in [0, 0.05) is 35.8 Å². The molecular weight excluding hydrogens is 629 g/mol. The number of phenolic OH excluding ortho intramolecular Hbond substituents is 1. The number of hydrogen-bond donors (Lipinski definition) is 4. The number of fused-ring (bicyclic) bond motifs is 2. The molecule has 234 valence electrons. The lowest BCUT2D eigenvalue weighted by Crippen LogP contribution is -2.34. The van der Waals surface area contributed by atoms with Crippen molar-refractivity contribution in [2.45, 2.75) is 22.3 Å². The second-order valence-corrected chi connectivity index (χ2v) is 13.8.